The van der Waals surface area contributed by atoms with Gasteiger partial charge >= 0.3 is 0 Å². The van der Waals surface area contributed by atoms with E-state index >= 15 is 0 Å². The van der Waals surface area contributed by atoms with Crippen LogP contribution in [0.2, 0.25) is 0 Å². The second-order valence-electron chi connectivity index (χ2n) is 17.2. The van der Waals surface area contributed by atoms with Crippen molar-refractivity contribution < 1.29 is 4.42 Å². The van der Waals surface area contributed by atoms with Crippen molar-refractivity contribution in [3.8, 4) is 55.6 Å². The molecule has 0 bridgehead atoms. The van der Waals surface area contributed by atoms with Gasteiger partial charge in [-0.3, -0.25) is 0 Å². The van der Waals surface area contributed by atoms with Crippen LogP contribution in [0, 0.1) is 0 Å². The highest BCUT2D eigenvalue weighted by Crippen LogP contribution is 2.52. The SMILES string of the molecule is c1ccc(-c2ccc(N(c3cccc4c3sc3ccccc34)c3c(-c4cccc(-c5cc(-c6ccccc6)cc(-c6ccccc6)c5)c4)ccc4oc5c6ccccc6ccc5c34)cc2)cc1. The van der Waals surface area contributed by atoms with Gasteiger partial charge in [-0.15, -0.1) is 11.3 Å². The zero-order valence-corrected chi connectivity index (χ0v) is 37.3. The number of thiophene rings is 1. The number of benzene rings is 11. The number of fused-ring (bicyclic) bond motifs is 8. The van der Waals surface area contributed by atoms with Crippen LogP contribution >= 0.6 is 11.3 Å². The van der Waals surface area contributed by atoms with Gasteiger partial charge in [-0.25, -0.2) is 0 Å². The lowest BCUT2D eigenvalue weighted by Crippen LogP contribution is -2.12. The lowest BCUT2D eigenvalue weighted by atomic mass is 9.91. The molecule has 11 aromatic carbocycles. The van der Waals surface area contributed by atoms with Crippen LogP contribution in [0.25, 0.3) is 109 Å². The predicted octanol–water partition coefficient (Wildman–Crippen LogP) is 18.9. The highest BCUT2D eigenvalue weighted by atomic mass is 32.1. The van der Waals surface area contributed by atoms with E-state index in [9.17, 15) is 0 Å². The van der Waals surface area contributed by atoms with E-state index < -0.39 is 0 Å². The monoisotopic (exact) mass is 871 g/mol. The van der Waals surface area contributed by atoms with Crippen LogP contribution in [-0.4, -0.2) is 0 Å². The number of nitrogens with zero attached hydrogens (tertiary/aromatic N) is 1. The highest BCUT2D eigenvalue weighted by Gasteiger charge is 2.27. The average molecular weight is 872 g/mol. The van der Waals surface area contributed by atoms with Gasteiger partial charge in [0.05, 0.1) is 21.5 Å². The van der Waals surface area contributed by atoms with Crippen molar-refractivity contribution in [1.82, 2.24) is 0 Å². The summed E-state index contributed by atoms with van der Waals surface area (Å²) < 4.78 is 9.51. The molecule has 0 aliphatic rings. The van der Waals surface area contributed by atoms with Gasteiger partial charge in [0.15, 0.2) is 0 Å². The predicted molar refractivity (Wildman–Crippen MR) is 286 cm³/mol. The normalized spacial score (nSPS) is 11.6. The van der Waals surface area contributed by atoms with E-state index in [2.05, 4.69) is 254 Å². The largest absolute Gasteiger partial charge is 0.455 e. The second kappa shape index (κ2) is 16.2. The van der Waals surface area contributed by atoms with E-state index in [0.717, 1.165) is 72.0 Å². The molecular weight excluding hydrogens is 831 g/mol. The standard InChI is InChI=1S/C64H41NOS/c1-4-16-42(17-5-1)45-30-33-52(34-31-45)65(58-28-15-27-56-55-26-12-13-29-60(55)67-64(56)58)62-53(36-37-59-61(62)57-35-32-46-22-10-11-25-54(46)63(57)66-59)48-24-14-23-47(38-48)51-40-49(43-18-6-2-7-19-43)39-50(41-51)44-20-8-3-9-21-44/h1-41H. The van der Waals surface area contributed by atoms with Gasteiger partial charge in [-0.1, -0.05) is 182 Å². The molecule has 13 rings (SSSR count). The molecule has 0 saturated carbocycles. The van der Waals surface area contributed by atoms with Gasteiger partial charge in [-0.2, -0.15) is 0 Å². The Balaban J connectivity index is 1.10. The van der Waals surface area contributed by atoms with Gasteiger partial charge in [0, 0.05) is 37.5 Å². The minimum absolute atomic E-state index is 0.846. The minimum Gasteiger partial charge on any atom is -0.455 e. The van der Waals surface area contributed by atoms with Crippen LogP contribution in [-0.2, 0) is 0 Å². The summed E-state index contributed by atoms with van der Waals surface area (Å²) >= 11 is 1.85. The summed E-state index contributed by atoms with van der Waals surface area (Å²) in [4.78, 5) is 2.50. The van der Waals surface area contributed by atoms with Crippen molar-refractivity contribution >= 4 is 81.3 Å². The Bertz CT molecular complexity index is 3910. The first-order chi connectivity index (χ1) is 33.2. The highest BCUT2D eigenvalue weighted by molar-refractivity contribution is 7.26. The van der Waals surface area contributed by atoms with Crippen molar-refractivity contribution in [3.63, 3.8) is 0 Å². The number of hydrogen-bond acceptors (Lipinski definition) is 3. The third-order valence-corrected chi connectivity index (χ3v) is 14.4. The first-order valence-corrected chi connectivity index (χ1v) is 23.6. The average Bonchev–Trinajstić information content (AvgIpc) is 3.99. The molecule has 0 amide bonds. The summed E-state index contributed by atoms with van der Waals surface area (Å²) in [7, 11) is 0. The molecule has 0 atom stereocenters. The lowest BCUT2D eigenvalue weighted by molar-refractivity contribution is 0.673. The summed E-state index contributed by atoms with van der Waals surface area (Å²) in [5.74, 6) is 0. The summed E-state index contributed by atoms with van der Waals surface area (Å²) in [6.07, 6.45) is 0. The van der Waals surface area contributed by atoms with Crippen LogP contribution in [0.3, 0.4) is 0 Å². The van der Waals surface area contributed by atoms with Crippen molar-refractivity contribution in [2.24, 2.45) is 0 Å². The zero-order chi connectivity index (χ0) is 44.3. The van der Waals surface area contributed by atoms with Gasteiger partial charge in [0.2, 0.25) is 0 Å². The fourth-order valence-corrected chi connectivity index (χ4v) is 11.2. The molecule has 2 heterocycles. The number of furan rings is 1. The first-order valence-electron chi connectivity index (χ1n) is 22.8. The third-order valence-electron chi connectivity index (χ3n) is 13.2. The molecule has 2 nitrogen and oxygen atoms in total. The maximum absolute atomic E-state index is 7.01. The molecule has 314 valence electrons. The number of hydrogen-bond donors (Lipinski definition) is 0. The molecule has 0 aliphatic carbocycles. The van der Waals surface area contributed by atoms with Crippen LogP contribution in [0.15, 0.2) is 253 Å². The molecular formula is C64H41NOS. The van der Waals surface area contributed by atoms with E-state index in [1.54, 1.807) is 0 Å². The Kier molecular flexibility index (Phi) is 9.40. The van der Waals surface area contributed by atoms with Crippen molar-refractivity contribution in [1.29, 1.82) is 0 Å². The maximum atomic E-state index is 7.01. The fraction of sp³-hybridized carbons (Fsp3) is 0. The topological polar surface area (TPSA) is 16.4 Å². The summed E-state index contributed by atoms with van der Waals surface area (Å²) in [5.41, 5.74) is 16.6. The smallest absolute Gasteiger partial charge is 0.143 e. The molecule has 13 aromatic rings. The van der Waals surface area contributed by atoms with Crippen molar-refractivity contribution in [3.05, 3.63) is 249 Å². The molecule has 0 saturated heterocycles. The zero-order valence-electron chi connectivity index (χ0n) is 36.4. The van der Waals surface area contributed by atoms with Crippen molar-refractivity contribution in [2.75, 3.05) is 4.90 Å². The molecule has 2 aromatic heterocycles. The second-order valence-corrected chi connectivity index (χ2v) is 18.3. The van der Waals surface area contributed by atoms with Crippen LogP contribution < -0.4 is 4.90 Å². The molecule has 0 fully saturated rings. The summed E-state index contributed by atoms with van der Waals surface area (Å²) in [5, 5.41) is 6.92. The summed E-state index contributed by atoms with van der Waals surface area (Å²) in [6, 6.07) is 90.2. The van der Waals surface area contributed by atoms with Crippen LogP contribution in [0.4, 0.5) is 17.1 Å². The minimum atomic E-state index is 0.846. The summed E-state index contributed by atoms with van der Waals surface area (Å²) in [6.45, 7) is 0. The molecule has 0 unspecified atom stereocenters. The van der Waals surface area contributed by atoms with E-state index in [1.165, 1.54) is 53.6 Å². The fourth-order valence-electron chi connectivity index (χ4n) is 10.0. The Labute approximate surface area is 392 Å². The Hall–Kier alpha value is -8.50. The lowest BCUT2D eigenvalue weighted by Gasteiger charge is -2.29. The Morgan fingerprint density at radius 2 is 0.881 bits per heavy atom. The van der Waals surface area contributed by atoms with E-state index in [4.69, 9.17) is 4.42 Å². The molecule has 0 radical (unpaired) electrons. The molecule has 0 aliphatic heterocycles. The Morgan fingerprint density at radius 3 is 1.60 bits per heavy atom. The Morgan fingerprint density at radius 1 is 0.343 bits per heavy atom. The maximum Gasteiger partial charge on any atom is 0.143 e. The first kappa shape index (κ1) is 38.9. The molecule has 3 heteroatoms. The molecule has 67 heavy (non-hydrogen) atoms. The van der Waals surface area contributed by atoms with Gasteiger partial charge in [-0.05, 0) is 122 Å². The van der Waals surface area contributed by atoms with E-state index in [1.807, 2.05) is 11.3 Å². The van der Waals surface area contributed by atoms with Crippen molar-refractivity contribution in [2.45, 2.75) is 0 Å². The number of anilines is 3. The van der Waals surface area contributed by atoms with Crippen LogP contribution in [0.5, 0.6) is 0 Å². The molecule has 0 N–H and O–H groups in total. The van der Waals surface area contributed by atoms with E-state index in [0.29, 0.717) is 0 Å². The van der Waals surface area contributed by atoms with E-state index in [-0.39, 0.29) is 0 Å². The third kappa shape index (κ3) is 6.79. The van der Waals surface area contributed by atoms with Gasteiger partial charge in [0.25, 0.3) is 0 Å². The molecule has 0 spiro atoms. The van der Waals surface area contributed by atoms with Crippen LogP contribution in [0.1, 0.15) is 0 Å². The van der Waals surface area contributed by atoms with Gasteiger partial charge in [0.1, 0.15) is 11.2 Å². The quantitative estimate of drug-likeness (QED) is 0.151. The number of rotatable bonds is 8. The van der Waals surface area contributed by atoms with Gasteiger partial charge < -0.3 is 9.32 Å².